The molecule has 180 valence electrons. The molecule has 0 aliphatic heterocycles. The first kappa shape index (κ1) is 23.1. The Bertz CT molecular complexity index is 853. The Hall–Kier alpha value is -0.660. The quantitative estimate of drug-likeness (QED) is 0.363. The summed E-state index contributed by atoms with van der Waals surface area (Å²) in [7, 11) is 0. The molecule has 0 amide bonds. The highest BCUT2D eigenvalue weighted by Gasteiger charge is 2.71. The molecule has 1 unspecified atom stereocenters. The van der Waals surface area contributed by atoms with Crippen LogP contribution in [0.5, 0.6) is 0 Å². The van der Waals surface area contributed by atoms with Crippen LogP contribution in [0.15, 0.2) is 0 Å². The highest BCUT2D eigenvalue weighted by atomic mass is 16.2. The summed E-state index contributed by atoms with van der Waals surface area (Å²) in [6.07, 6.45) is 12.0. The molecule has 0 heterocycles. The molecule has 0 bridgehead atoms. The van der Waals surface area contributed by atoms with Gasteiger partial charge in [-0.2, -0.15) is 0 Å². The first-order valence-electron chi connectivity index (χ1n) is 13.7. The summed E-state index contributed by atoms with van der Waals surface area (Å²) in [5, 5.41) is 0. The number of rotatable bonds is 0. The summed E-state index contributed by atoms with van der Waals surface area (Å²) in [5.74, 6) is 2.18. The lowest BCUT2D eigenvalue weighted by atomic mass is 9.31. The van der Waals surface area contributed by atoms with Gasteiger partial charge in [0.1, 0.15) is 0 Å². The summed E-state index contributed by atoms with van der Waals surface area (Å²) >= 11 is 0. The molecule has 0 aromatic heterocycles. The molecular formula is C30H48O2. The van der Waals surface area contributed by atoms with E-state index in [2.05, 4.69) is 55.4 Å². The molecule has 0 spiro atoms. The SMILES string of the molecule is CC1(C)CC[C@]2(C)CC[C@]3(C)[C@H](CC[C@@H]4[C@@]5(C)C(=O)C(=O)CC(C)(C)C5CC[C@]43C)[C@H]2C1. The average molecular weight is 441 g/mol. The van der Waals surface area contributed by atoms with Gasteiger partial charge in [-0.3, -0.25) is 9.59 Å². The van der Waals surface area contributed by atoms with Gasteiger partial charge in [0.2, 0.25) is 5.78 Å². The number of fused-ring (bicyclic) bond motifs is 7. The Morgan fingerprint density at radius 1 is 0.656 bits per heavy atom. The predicted octanol–water partition coefficient (Wildman–Crippen LogP) is 7.64. The monoisotopic (exact) mass is 440 g/mol. The van der Waals surface area contributed by atoms with E-state index in [-0.39, 0.29) is 27.8 Å². The van der Waals surface area contributed by atoms with Crippen molar-refractivity contribution in [2.45, 2.75) is 120 Å². The van der Waals surface area contributed by atoms with E-state index in [1.54, 1.807) is 0 Å². The van der Waals surface area contributed by atoms with Crippen LogP contribution in [0.1, 0.15) is 120 Å². The van der Waals surface area contributed by atoms with Crippen molar-refractivity contribution >= 4 is 11.6 Å². The van der Waals surface area contributed by atoms with Crippen molar-refractivity contribution in [3.63, 3.8) is 0 Å². The molecule has 2 heteroatoms. The van der Waals surface area contributed by atoms with Gasteiger partial charge >= 0.3 is 0 Å². The van der Waals surface area contributed by atoms with Gasteiger partial charge in [-0.25, -0.2) is 0 Å². The third kappa shape index (κ3) is 2.70. The van der Waals surface area contributed by atoms with Crippen LogP contribution in [0.4, 0.5) is 0 Å². The first-order valence-corrected chi connectivity index (χ1v) is 13.7. The van der Waals surface area contributed by atoms with Gasteiger partial charge in [0, 0.05) is 11.8 Å². The van der Waals surface area contributed by atoms with Crippen LogP contribution in [-0.4, -0.2) is 11.6 Å². The second-order valence-electron chi connectivity index (χ2n) is 15.5. The fourth-order valence-electron chi connectivity index (χ4n) is 11.0. The number of hydrogen-bond donors (Lipinski definition) is 0. The number of hydrogen-bond acceptors (Lipinski definition) is 2. The minimum Gasteiger partial charge on any atom is -0.291 e. The average Bonchev–Trinajstić information content (AvgIpc) is 2.68. The maximum Gasteiger partial charge on any atom is 0.204 e. The zero-order valence-electron chi connectivity index (χ0n) is 22.2. The van der Waals surface area contributed by atoms with Crippen LogP contribution < -0.4 is 0 Å². The standard InChI is InChI=1S/C30H48O2/c1-25(2)13-14-27(5)15-16-28(6)19(20(27)17-25)9-10-23-29(28,7)12-11-22-26(3,4)18-21(31)24(32)30(22,23)8/h19-20,22-23H,9-18H2,1-8H3/t19-,20-,22?,23+,27-,28-,29-,30+/m1/s1. The zero-order chi connectivity index (χ0) is 23.5. The Morgan fingerprint density at radius 3 is 2.00 bits per heavy atom. The van der Waals surface area contributed by atoms with Gasteiger partial charge < -0.3 is 0 Å². The molecule has 0 saturated heterocycles. The van der Waals surface area contributed by atoms with E-state index >= 15 is 0 Å². The molecule has 0 aromatic rings. The molecule has 8 atom stereocenters. The maximum atomic E-state index is 13.6. The molecule has 0 radical (unpaired) electrons. The smallest absolute Gasteiger partial charge is 0.204 e. The van der Waals surface area contributed by atoms with Crippen molar-refractivity contribution in [1.29, 1.82) is 0 Å². The Balaban J connectivity index is 1.57. The van der Waals surface area contributed by atoms with E-state index in [4.69, 9.17) is 0 Å². The van der Waals surface area contributed by atoms with Gasteiger partial charge in [-0.15, -0.1) is 0 Å². The Kier molecular flexibility index (Phi) is 4.70. The number of carbonyl (C=O) groups is 2. The summed E-state index contributed by atoms with van der Waals surface area (Å²) < 4.78 is 0. The summed E-state index contributed by atoms with van der Waals surface area (Å²) in [6, 6.07) is 0. The number of Topliss-reactive ketones (excluding diaryl/α,β-unsaturated/α-hetero) is 2. The topological polar surface area (TPSA) is 34.1 Å². The third-order valence-electron chi connectivity index (χ3n) is 13.1. The molecule has 5 saturated carbocycles. The summed E-state index contributed by atoms with van der Waals surface area (Å²) in [4.78, 5) is 26.6. The van der Waals surface area contributed by atoms with Crippen molar-refractivity contribution in [3.05, 3.63) is 0 Å². The van der Waals surface area contributed by atoms with E-state index in [0.29, 0.717) is 29.1 Å². The Labute approximate surface area is 197 Å². The normalized spacial score (nSPS) is 54.1. The number of ketones is 2. The highest BCUT2D eigenvalue weighted by molar-refractivity contribution is 6.40. The molecule has 5 aliphatic rings. The lowest BCUT2D eigenvalue weighted by Crippen LogP contribution is -2.68. The zero-order valence-corrected chi connectivity index (χ0v) is 22.2. The van der Waals surface area contributed by atoms with E-state index in [9.17, 15) is 9.59 Å². The van der Waals surface area contributed by atoms with Crippen molar-refractivity contribution in [2.75, 3.05) is 0 Å². The van der Waals surface area contributed by atoms with Crippen LogP contribution in [0, 0.1) is 56.2 Å². The van der Waals surface area contributed by atoms with E-state index in [1.807, 2.05) is 0 Å². The van der Waals surface area contributed by atoms with E-state index in [1.165, 1.54) is 44.9 Å². The molecule has 0 N–H and O–H groups in total. The minimum atomic E-state index is -0.466. The predicted molar refractivity (Wildman–Crippen MR) is 130 cm³/mol. The lowest BCUT2D eigenvalue weighted by molar-refractivity contribution is -0.236. The van der Waals surface area contributed by atoms with Crippen molar-refractivity contribution in [3.8, 4) is 0 Å². The van der Waals surface area contributed by atoms with Crippen LogP contribution in [0.2, 0.25) is 0 Å². The molecule has 0 aromatic carbocycles. The van der Waals surface area contributed by atoms with Crippen LogP contribution >= 0.6 is 0 Å². The van der Waals surface area contributed by atoms with Crippen LogP contribution in [0.3, 0.4) is 0 Å². The Morgan fingerprint density at radius 2 is 1.31 bits per heavy atom. The van der Waals surface area contributed by atoms with Crippen LogP contribution in [0.25, 0.3) is 0 Å². The molecule has 32 heavy (non-hydrogen) atoms. The van der Waals surface area contributed by atoms with Gasteiger partial charge in [-0.05, 0) is 109 Å². The fourth-order valence-corrected chi connectivity index (χ4v) is 11.0. The molecular weight excluding hydrogens is 392 g/mol. The number of carbonyl (C=O) groups excluding carboxylic acids is 2. The molecule has 5 rings (SSSR count). The maximum absolute atomic E-state index is 13.6. The first-order chi connectivity index (χ1) is 14.6. The molecule has 5 aliphatic carbocycles. The molecule has 5 fully saturated rings. The lowest BCUT2D eigenvalue weighted by Gasteiger charge is -2.72. The van der Waals surface area contributed by atoms with Crippen molar-refractivity contribution in [2.24, 2.45) is 56.2 Å². The summed E-state index contributed by atoms with van der Waals surface area (Å²) in [5.41, 5.74) is 0.881. The van der Waals surface area contributed by atoms with Crippen LogP contribution in [-0.2, 0) is 9.59 Å². The highest BCUT2D eigenvalue weighted by Crippen LogP contribution is 2.76. The van der Waals surface area contributed by atoms with E-state index in [0.717, 1.165) is 24.7 Å². The van der Waals surface area contributed by atoms with Gasteiger partial charge in [0.05, 0.1) is 0 Å². The largest absolute Gasteiger partial charge is 0.291 e. The van der Waals surface area contributed by atoms with Crippen molar-refractivity contribution < 1.29 is 9.59 Å². The fraction of sp³-hybridized carbons (Fsp3) is 0.933. The second kappa shape index (κ2) is 6.51. The van der Waals surface area contributed by atoms with E-state index < -0.39 is 5.41 Å². The van der Waals surface area contributed by atoms with Gasteiger partial charge in [0.15, 0.2) is 5.78 Å². The van der Waals surface area contributed by atoms with Gasteiger partial charge in [-0.1, -0.05) is 55.4 Å². The minimum absolute atomic E-state index is 0.0146. The van der Waals surface area contributed by atoms with Crippen molar-refractivity contribution in [1.82, 2.24) is 0 Å². The second-order valence-corrected chi connectivity index (χ2v) is 15.5. The summed E-state index contributed by atoms with van der Waals surface area (Å²) in [6.45, 7) is 19.5. The third-order valence-corrected chi connectivity index (χ3v) is 13.1. The molecule has 2 nitrogen and oxygen atoms in total. The van der Waals surface area contributed by atoms with Gasteiger partial charge in [0.25, 0.3) is 0 Å².